The molecular formula is C33H40Cl2O2P2Ti+2. The van der Waals surface area contributed by atoms with Gasteiger partial charge in [0.25, 0.3) is 0 Å². The Bertz CT molecular complexity index is 1270. The number of phenols is 2. The van der Waals surface area contributed by atoms with Gasteiger partial charge < -0.3 is 10.2 Å². The van der Waals surface area contributed by atoms with Gasteiger partial charge in [0.15, 0.2) is 17.4 Å². The van der Waals surface area contributed by atoms with Crippen molar-refractivity contribution < 1.29 is 27.2 Å². The third kappa shape index (κ3) is 8.35. The topological polar surface area (TPSA) is 40.5 Å². The Morgan fingerprint density at radius 3 is 1.18 bits per heavy atom. The monoisotopic (exact) mass is 648 g/mol. The van der Waals surface area contributed by atoms with Crippen LogP contribution in [-0.2, 0) is 27.9 Å². The van der Waals surface area contributed by atoms with Crippen molar-refractivity contribution in [3.8, 4) is 11.5 Å². The Kier molecular flexibility index (Phi) is 12.2. The molecule has 0 radical (unpaired) electrons. The first kappa shape index (κ1) is 33.1. The van der Waals surface area contributed by atoms with E-state index in [0.29, 0.717) is 11.5 Å². The van der Waals surface area contributed by atoms with Gasteiger partial charge in [-0.1, -0.05) is 102 Å². The summed E-state index contributed by atoms with van der Waals surface area (Å²) in [4.78, 5) is 0. The molecule has 2 atom stereocenters. The molecule has 0 fully saturated rings. The van der Waals surface area contributed by atoms with Crippen LogP contribution in [0, 0.1) is 0 Å². The van der Waals surface area contributed by atoms with Gasteiger partial charge in [-0.3, -0.25) is 0 Å². The molecule has 0 heterocycles. The molecule has 2 N–H and O–H groups in total. The zero-order chi connectivity index (χ0) is 29.5. The standard InChI is InChI=1S/C33H38O2P2.2ClH.Ti/c1-32(2,3)26-19-13-21-28(30(26)34)36(24-15-9-7-10-16-24)23-37(25-17-11-8-12-18-25)29-22-14-20-27(31(29)35)33(4,5)6;;;/h7-22,34-35H,23H2,1-6H3;2*1H;/q;;;+2. The second-order valence-electron chi connectivity index (χ2n) is 11.8. The molecular weight excluding hydrogens is 609 g/mol. The van der Waals surface area contributed by atoms with Gasteiger partial charge in [0.1, 0.15) is 37.1 Å². The summed E-state index contributed by atoms with van der Waals surface area (Å²) in [6.45, 7) is 12.9. The van der Waals surface area contributed by atoms with Crippen LogP contribution in [0.5, 0.6) is 11.5 Å². The minimum atomic E-state index is -1.38. The molecule has 40 heavy (non-hydrogen) atoms. The van der Waals surface area contributed by atoms with E-state index in [2.05, 4.69) is 126 Å². The molecule has 0 saturated carbocycles. The molecule has 4 aromatic rings. The van der Waals surface area contributed by atoms with Gasteiger partial charge in [0, 0.05) is 11.1 Å². The van der Waals surface area contributed by atoms with E-state index in [1.807, 2.05) is 12.1 Å². The maximum absolute atomic E-state index is 11.6. The van der Waals surface area contributed by atoms with Crippen LogP contribution in [0.4, 0.5) is 0 Å². The number of halogens is 2. The first-order valence-corrected chi connectivity index (χ1v) is 21.1. The Morgan fingerprint density at radius 2 is 0.875 bits per heavy atom. The summed E-state index contributed by atoms with van der Waals surface area (Å²) in [5.41, 5.74) is 1.65. The predicted molar refractivity (Wildman–Crippen MR) is 178 cm³/mol. The predicted octanol–water partition coefficient (Wildman–Crippen LogP) is 8.06. The summed E-state index contributed by atoms with van der Waals surface area (Å²) in [6.07, 6.45) is 0. The van der Waals surface area contributed by atoms with E-state index in [1.165, 1.54) is 10.6 Å². The van der Waals surface area contributed by atoms with Crippen molar-refractivity contribution in [1.82, 2.24) is 0 Å². The molecule has 4 rings (SSSR count). The van der Waals surface area contributed by atoms with E-state index in [9.17, 15) is 10.2 Å². The van der Waals surface area contributed by atoms with Gasteiger partial charge in [0.05, 0.1) is 0 Å². The number of para-hydroxylation sites is 2. The second-order valence-corrected chi connectivity index (χ2v) is 20.0. The van der Waals surface area contributed by atoms with Crippen LogP contribution in [-0.4, -0.2) is 16.1 Å². The first-order valence-electron chi connectivity index (χ1n) is 13.3. The van der Waals surface area contributed by atoms with Gasteiger partial charge in [-0.25, -0.2) is 0 Å². The normalized spacial score (nSPS) is 13.1. The van der Waals surface area contributed by atoms with Gasteiger partial charge in [0.2, 0.25) is 0 Å². The summed E-state index contributed by atoms with van der Waals surface area (Å²) in [6, 6.07) is 33.8. The molecule has 0 amide bonds. The molecule has 0 bridgehead atoms. The first-order chi connectivity index (χ1) is 18.9. The van der Waals surface area contributed by atoms with Crippen LogP contribution >= 0.6 is 34.5 Å². The number of hydrogen-bond acceptors (Lipinski definition) is 2. The summed E-state index contributed by atoms with van der Waals surface area (Å²) >= 11 is -0.556. The average Bonchev–Trinajstić information content (AvgIpc) is 2.90. The van der Waals surface area contributed by atoms with Crippen LogP contribution in [0.2, 0.25) is 0 Å². The van der Waals surface area contributed by atoms with Crippen LogP contribution < -0.4 is 21.2 Å². The fourth-order valence-electron chi connectivity index (χ4n) is 4.95. The fraction of sp³-hybridized carbons (Fsp3) is 0.273. The molecule has 2 unspecified atom stereocenters. The van der Waals surface area contributed by atoms with Crippen molar-refractivity contribution in [2.24, 2.45) is 0 Å². The van der Waals surface area contributed by atoms with Crippen molar-refractivity contribution in [1.29, 1.82) is 0 Å². The van der Waals surface area contributed by atoms with E-state index in [1.54, 1.807) is 0 Å². The Labute approximate surface area is 259 Å². The molecule has 0 saturated heterocycles. The van der Waals surface area contributed by atoms with Gasteiger partial charge >= 0.3 is 35.6 Å². The molecule has 0 spiro atoms. The maximum atomic E-state index is 11.6. The number of aromatic hydroxyl groups is 2. The summed E-state index contributed by atoms with van der Waals surface area (Å²) in [5.74, 6) is 1.76. The van der Waals surface area contributed by atoms with Crippen molar-refractivity contribution in [2.45, 2.75) is 52.4 Å². The molecule has 210 valence electrons. The molecule has 2 nitrogen and oxygen atoms in total. The number of rotatable bonds is 6. The Morgan fingerprint density at radius 1 is 0.550 bits per heavy atom. The van der Waals surface area contributed by atoms with E-state index < -0.39 is 32.9 Å². The molecule has 0 aliphatic rings. The summed E-state index contributed by atoms with van der Waals surface area (Å²) < 4.78 is 0. The second kappa shape index (κ2) is 14.7. The molecule has 7 heteroatoms. The molecule has 4 aromatic carbocycles. The zero-order valence-electron chi connectivity index (χ0n) is 24.1. The summed E-state index contributed by atoms with van der Waals surface area (Å²) in [7, 11) is 7.01. The number of phenolic OH excluding ortho intramolecular Hbond substituents is 2. The van der Waals surface area contributed by atoms with E-state index in [-0.39, 0.29) is 10.8 Å². The average molecular weight is 649 g/mol. The van der Waals surface area contributed by atoms with Gasteiger partial charge in [-0.05, 0) is 47.2 Å². The van der Waals surface area contributed by atoms with Gasteiger partial charge in [-0.15, -0.1) is 0 Å². The Hall–Kier alpha value is -1.37. The van der Waals surface area contributed by atoms with Crippen molar-refractivity contribution >= 4 is 55.7 Å². The SMILES string of the molecule is CC(C)(C)c1cccc([PH+](C[PH+](c2ccccc2)c2cccc(C(C)(C)C)c2O)c2ccccc2)c1O.[Cl][Ti][Cl]. The molecule has 0 aliphatic heterocycles. The van der Waals surface area contributed by atoms with Crippen LogP contribution in [0.25, 0.3) is 0 Å². The van der Waals surface area contributed by atoms with E-state index >= 15 is 0 Å². The third-order valence-corrected chi connectivity index (χ3v) is 13.9. The van der Waals surface area contributed by atoms with Crippen LogP contribution in [0.1, 0.15) is 52.7 Å². The third-order valence-electron chi connectivity index (χ3n) is 6.94. The van der Waals surface area contributed by atoms with E-state index in [0.717, 1.165) is 27.6 Å². The van der Waals surface area contributed by atoms with Crippen molar-refractivity contribution in [3.05, 3.63) is 108 Å². The number of hydrogen-bond donors (Lipinski definition) is 2. The van der Waals surface area contributed by atoms with Crippen LogP contribution in [0.3, 0.4) is 0 Å². The quantitative estimate of drug-likeness (QED) is 0.164. The Balaban J connectivity index is 0.00000141. The summed E-state index contributed by atoms with van der Waals surface area (Å²) in [5, 5.41) is 27.9. The van der Waals surface area contributed by atoms with Crippen LogP contribution in [0.15, 0.2) is 97.1 Å². The van der Waals surface area contributed by atoms with Crippen molar-refractivity contribution in [3.63, 3.8) is 0 Å². The molecule has 0 aliphatic carbocycles. The van der Waals surface area contributed by atoms with E-state index in [4.69, 9.17) is 18.6 Å². The molecule has 0 aromatic heterocycles. The van der Waals surface area contributed by atoms with Crippen molar-refractivity contribution in [2.75, 3.05) is 5.90 Å². The number of benzene rings is 4. The fourth-order valence-corrected chi connectivity index (χ4v) is 12.8. The minimum absolute atomic E-state index is 0.156. The zero-order valence-corrected chi connectivity index (χ0v) is 29.2. The van der Waals surface area contributed by atoms with Gasteiger partial charge in [-0.2, -0.15) is 0 Å².